The Labute approximate surface area is 93.1 Å². The van der Waals surface area contributed by atoms with E-state index in [1.165, 1.54) is 0 Å². The SMILES string of the molecule is COCCn1c(N)nc2c(C#N)cccc21. The number of rotatable bonds is 3. The molecular weight excluding hydrogens is 204 g/mol. The van der Waals surface area contributed by atoms with E-state index >= 15 is 0 Å². The normalized spacial score (nSPS) is 10.5. The van der Waals surface area contributed by atoms with E-state index in [9.17, 15) is 0 Å². The molecule has 0 unspecified atom stereocenters. The first kappa shape index (κ1) is 10.5. The predicted octanol–water partition coefficient (Wildman–Crippen LogP) is 1.14. The summed E-state index contributed by atoms with van der Waals surface area (Å²) in [6.07, 6.45) is 0. The van der Waals surface area contributed by atoms with Gasteiger partial charge in [0.05, 0.1) is 17.7 Å². The number of benzene rings is 1. The van der Waals surface area contributed by atoms with E-state index in [1.807, 2.05) is 16.7 Å². The van der Waals surface area contributed by atoms with Crippen LogP contribution in [-0.2, 0) is 11.3 Å². The molecule has 0 spiro atoms. The highest BCUT2D eigenvalue weighted by molar-refractivity contribution is 5.83. The van der Waals surface area contributed by atoms with Crippen molar-refractivity contribution in [2.24, 2.45) is 0 Å². The first-order chi connectivity index (χ1) is 7.77. The van der Waals surface area contributed by atoms with E-state index in [1.54, 1.807) is 13.2 Å². The van der Waals surface area contributed by atoms with Crippen LogP contribution >= 0.6 is 0 Å². The third-order valence-corrected chi connectivity index (χ3v) is 2.45. The van der Waals surface area contributed by atoms with Crippen molar-refractivity contribution < 1.29 is 4.74 Å². The van der Waals surface area contributed by atoms with Crippen LogP contribution in [-0.4, -0.2) is 23.3 Å². The average molecular weight is 216 g/mol. The fraction of sp³-hybridized carbons (Fsp3) is 0.273. The van der Waals surface area contributed by atoms with Gasteiger partial charge in [-0.25, -0.2) is 4.98 Å². The molecule has 0 bridgehead atoms. The number of fused-ring (bicyclic) bond motifs is 1. The fourth-order valence-corrected chi connectivity index (χ4v) is 1.67. The van der Waals surface area contributed by atoms with Gasteiger partial charge in [0.25, 0.3) is 0 Å². The lowest BCUT2D eigenvalue weighted by Crippen LogP contribution is -2.07. The molecule has 82 valence electrons. The Kier molecular flexibility index (Phi) is 2.75. The summed E-state index contributed by atoms with van der Waals surface area (Å²) in [6.45, 7) is 1.19. The number of methoxy groups -OCH3 is 1. The van der Waals surface area contributed by atoms with Crippen molar-refractivity contribution in [2.45, 2.75) is 6.54 Å². The molecule has 0 saturated carbocycles. The molecular formula is C11H12N4O. The minimum Gasteiger partial charge on any atom is -0.383 e. The maximum atomic E-state index is 8.95. The summed E-state index contributed by atoms with van der Waals surface area (Å²) < 4.78 is 6.85. The number of nitrogens with two attached hydrogens (primary N) is 1. The van der Waals surface area contributed by atoms with Gasteiger partial charge in [0.15, 0.2) is 0 Å². The topological polar surface area (TPSA) is 76.9 Å². The summed E-state index contributed by atoms with van der Waals surface area (Å²) in [5.41, 5.74) is 7.87. The third-order valence-electron chi connectivity index (χ3n) is 2.45. The molecule has 0 aliphatic heterocycles. The van der Waals surface area contributed by atoms with Crippen LogP contribution in [0.15, 0.2) is 18.2 Å². The van der Waals surface area contributed by atoms with Gasteiger partial charge in [0.2, 0.25) is 5.95 Å². The standard InChI is InChI=1S/C11H12N4O/c1-16-6-5-15-9-4-2-3-8(7-12)10(9)14-11(15)13/h2-4H,5-6H2,1H3,(H2,13,14). The van der Waals surface area contributed by atoms with E-state index in [0.29, 0.717) is 30.2 Å². The van der Waals surface area contributed by atoms with Crippen molar-refractivity contribution in [1.29, 1.82) is 5.26 Å². The number of para-hydroxylation sites is 1. The van der Waals surface area contributed by atoms with Crippen LogP contribution < -0.4 is 5.73 Å². The molecule has 5 nitrogen and oxygen atoms in total. The monoisotopic (exact) mass is 216 g/mol. The highest BCUT2D eigenvalue weighted by atomic mass is 16.5. The summed E-state index contributed by atoms with van der Waals surface area (Å²) in [4.78, 5) is 4.20. The molecule has 2 aromatic rings. The van der Waals surface area contributed by atoms with Gasteiger partial charge in [0.1, 0.15) is 11.6 Å². The van der Waals surface area contributed by atoms with E-state index in [-0.39, 0.29) is 0 Å². The number of nitrogens with zero attached hydrogens (tertiary/aromatic N) is 3. The summed E-state index contributed by atoms with van der Waals surface area (Å²) in [6, 6.07) is 7.56. The molecule has 1 aromatic carbocycles. The number of aromatic nitrogens is 2. The van der Waals surface area contributed by atoms with Gasteiger partial charge < -0.3 is 15.0 Å². The first-order valence-electron chi connectivity index (χ1n) is 4.91. The number of ether oxygens (including phenoxy) is 1. The summed E-state index contributed by atoms with van der Waals surface area (Å²) in [5.74, 6) is 0.412. The zero-order valence-electron chi connectivity index (χ0n) is 8.97. The molecule has 0 atom stereocenters. The molecule has 0 saturated heterocycles. The molecule has 0 fully saturated rings. The molecule has 1 aromatic heterocycles. The summed E-state index contributed by atoms with van der Waals surface area (Å²) in [7, 11) is 1.63. The fourth-order valence-electron chi connectivity index (χ4n) is 1.67. The summed E-state index contributed by atoms with van der Waals surface area (Å²) in [5, 5.41) is 8.95. The minimum atomic E-state index is 0.412. The van der Waals surface area contributed by atoms with Gasteiger partial charge in [-0.15, -0.1) is 0 Å². The lowest BCUT2D eigenvalue weighted by molar-refractivity contribution is 0.189. The second-order valence-corrected chi connectivity index (χ2v) is 3.40. The zero-order chi connectivity index (χ0) is 11.5. The van der Waals surface area contributed by atoms with Crippen LogP contribution in [0, 0.1) is 11.3 Å². The Morgan fingerprint density at radius 3 is 3.06 bits per heavy atom. The second kappa shape index (κ2) is 4.21. The maximum Gasteiger partial charge on any atom is 0.201 e. The Balaban J connectivity index is 2.58. The average Bonchev–Trinajstić information content (AvgIpc) is 2.62. The molecule has 0 aliphatic rings. The molecule has 16 heavy (non-hydrogen) atoms. The molecule has 0 amide bonds. The van der Waals surface area contributed by atoms with Crippen LogP contribution in [0.4, 0.5) is 5.95 Å². The van der Waals surface area contributed by atoms with Gasteiger partial charge in [0, 0.05) is 13.7 Å². The Morgan fingerprint density at radius 1 is 1.56 bits per heavy atom. The molecule has 0 aliphatic carbocycles. The van der Waals surface area contributed by atoms with Crippen molar-refractivity contribution in [2.75, 3.05) is 19.5 Å². The van der Waals surface area contributed by atoms with E-state index in [4.69, 9.17) is 15.7 Å². The van der Waals surface area contributed by atoms with Crippen LogP contribution in [0.3, 0.4) is 0 Å². The Bertz CT molecular complexity index is 553. The minimum absolute atomic E-state index is 0.412. The lowest BCUT2D eigenvalue weighted by Gasteiger charge is -2.04. The molecule has 1 heterocycles. The quantitative estimate of drug-likeness (QED) is 0.834. The molecule has 0 radical (unpaired) electrons. The number of anilines is 1. The van der Waals surface area contributed by atoms with E-state index < -0.39 is 0 Å². The molecule has 5 heteroatoms. The Morgan fingerprint density at radius 2 is 2.38 bits per heavy atom. The van der Waals surface area contributed by atoms with Crippen LogP contribution in [0.25, 0.3) is 11.0 Å². The number of hydrogen-bond donors (Lipinski definition) is 1. The van der Waals surface area contributed by atoms with Crippen LogP contribution in [0.2, 0.25) is 0 Å². The Hall–Kier alpha value is -2.06. The molecule has 2 N–H and O–H groups in total. The van der Waals surface area contributed by atoms with Crippen molar-refractivity contribution in [1.82, 2.24) is 9.55 Å². The van der Waals surface area contributed by atoms with E-state index in [0.717, 1.165) is 5.52 Å². The van der Waals surface area contributed by atoms with Gasteiger partial charge in [-0.2, -0.15) is 5.26 Å². The number of nitriles is 1. The van der Waals surface area contributed by atoms with E-state index in [2.05, 4.69) is 11.1 Å². The number of nitrogen functional groups attached to an aromatic ring is 1. The summed E-state index contributed by atoms with van der Waals surface area (Å²) >= 11 is 0. The number of hydrogen-bond acceptors (Lipinski definition) is 4. The third kappa shape index (κ3) is 1.59. The van der Waals surface area contributed by atoms with Crippen molar-refractivity contribution >= 4 is 17.0 Å². The van der Waals surface area contributed by atoms with Crippen LogP contribution in [0.1, 0.15) is 5.56 Å². The van der Waals surface area contributed by atoms with Crippen molar-refractivity contribution in [3.05, 3.63) is 23.8 Å². The van der Waals surface area contributed by atoms with Crippen molar-refractivity contribution in [3.63, 3.8) is 0 Å². The largest absolute Gasteiger partial charge is 0.383 e. The van der Waals surface area contributed by atoms with Crippen molar-refractivity contribution in [3.8, 4) is 6.07 Å². The first-order valence-corrected chi connectivity index (χ1v) is 4.91. The van der Waals surface area contributed by atoms with Gasteiger partial charge in [-0.05, 0) is 12.1 Å². The predicted molar refractivity (Wildman–Crippen MR) is 60.7 cm³/mol. The lowest BCUT2D eigenvalue weighted by atomic mass is 10.2. The zero-order valence-corrected chi connectivity index (χ0v) is 8.97. The highest BCUT2D eigenvalue weighted by Crippen LogP contribution is 2.20. The number of imidazole rings is 1. The molecule has 2 rings (SSSR count). The highest BCUT2D eigenvalue weighted by Gasteiger charge is 2.10. The van der Waals surface area contributed by atoms with Gasteiger partial charge >= 0.3 is 0 Å². The smallest absolute Gasteiger partial charge is 0.201 e. The van der Waals surface area contributed by atoms with Crippen LogP contribution in [0.5, 0.6) is 0 Å². The maximum absolute atomic E-state index is 8.95. The van der Waals surface area contributed by atoms with Gasteiger partial charge in [-0.3, -0.25) is 0 Å². The second-order valence-electron chi connectivity index (χ2n) is 3.40. The van der Waals surface area contributed by atoms with Gasteiger partial charge in [-0.1, -0.05) is 6.07 Å².